The lowest BCUT2D eigenvalue weighted by atomic mass is 9.99. The predicted octanol–water partition coefficient (Wildman–Crippen LogP) is 1.70. The van der Waals surface area contributed by atoms with E-state index in [1.54, 1.807) is 4.68 Å². The third kappa shape index (κ3) is 3.93. The number of carbonyl (C=O) groups excluding carboxylic acids is 1. The minimum atomic E-state index is 0.0395. The Balaban J connectivity index is 1.78. The summed E-state index contributed by atoms with van der Waals surface area (Å²) < 4.78 is 1.74. The maximum absolute atomic E-state index is 12.6. The van der Waals surface area contributed by atoms with Gasteiger partial charge in [-0.1, -0.05) is 0 Å². The van der Waals surface area contributed by atoms with Crippen LogP contribution in [0.25, 0.3) is 5.95 Å². The van der Waals surface area contributed by atoms with Gasteiger partial charge < -0.3 is 10.6 Å². The Labute approximate surface area is 154 Å². The highest BCUT2D eigenvalue weighted by Crippen LogP contribution is 2.18. The first-order chi connectivity index (χ1) is 12.3. The van der Waals surface area contributed by atoms with Crippen LogP contribution in [0.1, 0.15) is 48.1 Å². The molecule has 2 unspecified atom stereocenters. The Bertz CT molecular complexity index is 792. The van der Waals surface area contributed by atoms with Crippen LogP contribution in [0.15, 0.2) is 6.07 Å². The molecule has 0 spiro atoms. The van der Waals surface area contributed by atoms with Gasteiger partial charge in [0.2, 0.25) is 5.91 Å². The molecule has 2 N–H and O–H groups in total. The monoisotopic (exact) mass is 356 g/mol. The van der Waals surface area contributed by atoms with E-state index in [0.29, 0.717) is 18.4 Å². The van der Waals surface area contributed by atoms with Crippen LogP contribution in [0.5, 0.6) is 0 Å². The van der Waals surface area contributed by atoms with E-state index in [9.17, 15) is 4.79 Å². The van der Waals surface area contributed by atoms with Gasteiger partial charge in [0.1, 0.15) is 0 Å². The van der Waals surface area contributed by atoms with Gasteiger partial charge in [-0.05, 0) is 60.1 Å². The number of carbonyl (C=O) groups is 1. The molecule has 0 aliphatic carbocycles. The Morgan fingerprint density at radius 3 is 2.62 bits per heavy atom. The second-order valence-electron chi connectivity index (χ2n) is 7.25. The zero-order chi connectivity index (χ0) is 18.8. The fraction of sp³-hybridized carbons (Fsp3) is 0.579. The highest BCUT2D eigenvalue weighted by Gasteiger charge is 2.24. The van der Waals surface area contributed by atoms with E-state index < -0.39 is 0 Å². The van der Waals surface area contributed by atoms with Gasteiger partial charge in [0.05, 0.1) is 12.1 Å². The molecular weight excluding hydrogens is 328 g/mol. The number of aryl methyl sites for hydroxylation is 3. The lowest BCUT2D eigenvalue weighted by Crippen LogP contribution is -2.52. The average Bonchev–Trinajstić information content (AvgIpc) is 2.84. The lowest BCUT2D eigenvalue weighted by Gasteiger charge is -2.30. The molecule has 1 aliphatic rings. The molecule has 140 valence electrons. The molecule has 0 radical (unpaired) electrons. The van der Waals surface area contributed by atoms with Crippen LogP contribution in [0.3, 0.4) is 0 Å². The molecule has 3 rings (SSSR count). The SMILES string of the molecule is Cc1cc(C)nc(-n2nc(C)c(CC(=O)NC3CCCNC3C)c2C)n1. The van der Waals surface area contributed by atoms with Crippen molar-refractivity contribution >= 4 is 5.91 Å². The van der Waals surface area contributed by atoms with Crippen LogP contribution in [0, 0.1) is 27.7 Å². The molecule has 2 aromatic rings. The van der Waals surface area contributed by atoms with Crippen LogP contribution >= 0.6 is 0 Å². The predicted molar refractivity (Wildman–Crippen MR) is 100 cm³/mol. The van der Waals surface area contributed by atoms with Crippen LogP contribution in [0.2, 0.25) is 0 Å². The molecule has 0 saturated carbocycles. The quantitative estimate of drug-likeness (QED) is 0.871. The number of nitrogens with zero attached hydrogens (tertiary/aromatic N) is 4. The smallest absolute Gasteiger partial charge is 0.251 e. The van der Waals surface area contributed by atoms with Crippen molar-refractivity contribution in [2.45, 2.75) is 66.0 Å². The van der Waals surface area contributed by atoms with Gasteiger partial charge in [-0.15, -0.1) is 0 Å². The van der Waals surface area contributed by atoms with E-state index in [-0.39, 0.29) is 11.9 Å². The van der Waals surface area contributed by atoms with Gasteiger partial charge in [-0.2, -0.15) is 5.10 Å². The molecular formula is C19H28N6O. The Hall–Kier alpha value is -2.28. The van der Waals surface area contributed by atoms with E-state index in [1.165, 1.54) is 0 Å². The summed E-state index contributed by atoms with van der Waals surface area (Å²) in [7, 11) is 0. The third-order valence-electron chi connectivity index (χ3n) is 5.05. The number of piperidine rings is 1. The van der Waals surface area contributed by atoms with Crippen molar-refractivity contribution in [2.24, 2.45) is 0 Å². The number of amides is 1. The molecule has 0 bridgehead atoms. The number of rotatable bonds is 4. The van der Waals surface area contributed by atoms with Crippen LogP contribution in [0.4, 0.5) is 0 Å². The molecule has 3 heterocycles. The normalized spacial score (nSPS) is 20.2. The van der Waals surface area contributed by atoms with Gasteiger partial charge in [0.15, 0.2) is 0 Å². The van der Waals surface area contributed by atoms with E-state index in [2.05, 4.69) is 32.6 Å². The molecule has 7 nitrogen and oxygen atoms in total. The Kier molecular flexibility index (Phi) is 5.36. The fourth-order valence-electron chi connectivity index (χ4n) is 3.59. The summed E-state index contributed by atoms with van der Waals surface area (Å²) in [5.41, 5.74) is 4.51. The molecule has 1 aliphatic heterocycles. The first-order valence-electron chi connectivity index (χ1n) is 9.25. The van der Waals surface area contributed by atoms with Crippen molar-refractivity contribution in [3.63, 3.8) is 0 Å². The zero-order valence-corrected chi connectivity index (χ0v) is 16.3. The van der Waals surface area contributed by atoms with Gasteiger partial charge in [-0.3, -0.25) is 4.79 Å². The Morgan fingerprint density at radius 1 is 1.27 bits per heavy atom. The second-order valence-corrected chi connectivity index (χ2v) is 7.25. The summed E-state index contributed by atoms with van der Waals surface area (Å²) in [4.78, 5) is 21.5. The van der Waals surface area contributed by atoms with Gasteiger partial charge in [-0.25, -0.2) is 14.6 Å². The molecule has 1 fully saturated rings. The van der Waals surface area contributed by atoms with E-state index >= 15 is 0 Å². The maximum atomic E-state index is 12.6. The Morgan fingerprint density at radius 2 is 1.96 bits per heavy atom. The molecule has 7 heteroatoms. The minimum absolute atomic E-state index is 0.0395. The lowest BCUT2D eigenvalue weighted by molar-refractivity contribution is -0.121. The second kappa shape index (κ2) is 7.53. The summed E-state index contributed by atoms with van der Waals surface area (Å²) in [6, 6.07) is 2.43. The summed E-state index contributed by atoms with van der Waals surface area (Å²) in [6.45, 7) is 10.9. The van der Waals surface area contributed by atoms with Crippen molar-refractivity contribution < 1.29 is 4.79 Å². The number of aromatic nitrogens is 4. The summed E-state index contributed by atoms with van der Waals surface area (Å²) in [6.07, 6.45) is 2.44. The highest BCUT2D eigenvalue weighted by atomic mass is 16.1. The minimum Gasteiger partial charge on any atom is -0.352 e. The molecule has 0 aromatic carbocycles. The van der Waals surface area contributed by atoms with Crippen molar-refractivity contribution in [3.05, 3.63) is 34.4 Å². The van der Waals surface area contributed by atoms with Crippen LogP contribution < -0.4 is 10.6 Å². The van der Waals surface area contributed by atoms with Gasteiger partial charge >= 0.3 is 0 Å². The van der Waals surface area contributed by atoms with E-state index in [0.717, 1.165) is 47.7 Å². The number of hydrogen-bond donors (Lipinski definition) is 2. The van der Waals surface area contributed by atoms with E-state index in [4.69, 9.17) is 0 Å². The summed E-state index contributed by atoms with van der Waals surface area (Å²) in [5, 5.41) is 11.2. The summed E-state index contributed by atoms with van der Waals surface area (Å²) >= 11 is 0. The first-order valence-corrected chi connectivity index (χ1v) is 9.25. The van der Waals surface area contributed by atoms with E-state index in [1.807, 2.05) is 33.8 Å². The largest absolute Gasteiger partial charge is 0.352 e. The zero-order valence-electron chi connectivity index (χ0n) is 16.3. The van der Waals surface area contributed by atoms with Crippen molar-refractivity contribution in [1.82, 2.24) is 30.4 Å². The summed E-state index contributed by atoms with van der Waals surface area (Å²) in [5.74, 6) is 0.595. The molecule has 2 atom stereocenters. The topological polar surface area (TPSA) is 84.7 Å². The average molecular weight is 356 g/mol. The molecule has 1 saturated heterocycles. The first kappa shape index (κ1) is 18.5. The van der Waals surface area contributed by atoms with Gasteiger partial charge in [0.25, 0.3) is 5.95 Å². The molecule has 26 heavy (non-hydrogen) atoms. The van der Waals surface area contributed by atoms with Crippen LogP contribution in [-0.2, 0) is 11.2 Å². The van der Waals surface area contributed by atoms with Crippen molar-refractivity contribution in [1.29, 1.82) is 0 Å². The maximum Gasteiger partial charge on any atom is 0.251 e. The number of nitrogens with one attached hydrogen (secondary N) is 2. The molecule has 1 amide bonds. The molecule has 2 aromatic heterocycles. The van der Waals surface area contributed by atoms with Crippen LogP contribution in [-0.4, -0.2) is 44.3 Å². The van der Waals surface area contributed by atoms with Gasteiger partial charge in [0, 0.05) is 34.7 Å². The van der Waals surface area contributed by atoms with Crippen molar-refractivity contribution in [3.8, 4) is 5.95 Å². The number of hydrogen-bond acceptors (Lipinski definition) is 5. The standard InChI is InChI=1S/C19H28N6O/c1-11-9-12(2)22-19(21-11)25-15(5)16(13(3)24-25)10-18(26)23-17-7-6-8-20-14(17)4/h9,14,17,20H,6-8,10H2,1-5H3,(H,23,26). The van der Waals surface area contributed by atoms with Crippen molar-refractivity contribution in [2.75, 3.05) is 6.54 Å². The third-order valence-corrected chi connectivity index (χ3v) is 5.05. The highest BCUT2D eigenvalue weighted by molar-refractivity contribution is 5.79. The fourth-order valence-corrected chi connectivity index (χ4v) is 3.59.